The molecule has 42 heavy (non-hydrogen) atoms. The Bertz CT molecular complexity index is 1490. The molecule has 226 valence electrons. The number of nitrogens with one attached hydrogen (secondary N) is 1. The first-order valence-corrected chi connectivity index (χ1v) is 14.7. The van der Waals surface area contributed by atoms with Crippen LogP contribution < -0.4 is 10.2 Å². The average Bonchev–Trinajstić information content (AvgIpc) is 3.43. The lowest BCUT2D eigenvalue weighted by Gasteiger charge is -2.35. The molecule has 0 bridgehead atoms. The van der Waals surface area contributed by atoms with E-state index in [-0.39, 0.29) is 25.8 Å². The zero-order valence-corrected chi connectivity index (χ0v) is 25.3. The fourth-order valence-electron chi connectivity index (χ4n) is 5.82. The molecular weight excluding hydrogens is 618 g/mol. The molecule has 11 heteroatoms. The second-order valence-electron chi connectivity index (χ2n) is 11.6. The third-order valence-electron chi connectivity index (χ3n) is 8.17. The maximum atomic E-state index is 14.7. The van der Waals surface area contributed by atoms with E-state index in [2.05, 4.69) is 26.1 Å². The van der Waals surface area contributed by atoms with E-state index >= 15 is 0 Å². The molecule has 1 aromatic heterocycles. The van der Waals surface area contributed by atoms with Crippen molar-refractivity contribution in [2.24, 2.45) is 11.3 Å². The predicted octanol–water partition coefficient (Wildman–Crippen LogP) is 7.54. The van der Waals surface area contributed by atoms with Gasteiger partial charge in [-0.25, -0.2) is 9.37 Å². The van der Waals surface area contributed by atoms with Gasteiger partial charge in [0.2, 0.25) is 0 Å². The maximum Gasteiger partial charge on any atom is 0.416 e. The predicted molar refractivity (Wildman–Crippen MR) is 157 cm³/mol. The van der Waals surface area contributed by atoms with Gasteiger partial charge in [0.1, 0.15) is 11.6 Å². The number of carbonyl (C=O) groups is 2. The van der Waals surface area contributed by atoms with Gasteiger partial charge in [-0.2, -0.15) is 13.2 Å². The van der Waals surface area contributed by atoms with Crippen LogP contribution in [0.2, 0.25) is 0 Å². The smallest absolute Gasteiger partial charge is 0.416 e. The molecular formula is C31H34BrF4N3O3. The number of carboxylic acids is 1. The summed E-state index contributed by atoms with van der Waals surface area (Å²) in [5.74, 6) is -2.28. The summed E-state index contributed by atoms with van der Waals surface area (Å²) in [5, 5.41) is 12.9. The van der Waals surface area contributed by atoms with Gasteiger partial charge in [-0.3, -0.25) is 9.59 Å². The van der Waals surface area contributed by atoms with E-state index in [1.165, 1.54) is 0 Å². The lowest BCUT2D eigenvalue weighted by molar-refractivity contribution is -0.138. The van der Waals surface area contributed by atoms with Gasteiger partial charge in [0.15, 0.2) is 0 Å². The molecule has 6 nitrogen and oxygen atoms in total. The minimum Gasteiger partial charge on any atom is -0.481 e. The highest BCUT2D eigenvalue weighted by molar-refractivity contribution is 9.10. The topological polar surface area (TPSA) is 82.5 Å². The molecule has 1 amide bonds. The monoisotopic (exact) mass is 651 g/mol. The maximum absolute atomic E-state index is 14.7. The van der Waals surface area contributed by atoms with Crippen LogP contribution in [0.1, 0.15) is 66.6 Å². The van der Waals surface area contributed by atoms with Crippen molar-refractivity contribution in [3.05, 3.63) is 68.9 Å². The molecule has 3 aromatic rings. The van der Waals surface area contributed by atoms with Crippen molar-refractivity contribution in [1.82, 2.24) is 10.3 Å². The van der Waals surface area contributed by atoms with E-state index in [0.717, 1.165) is 54.4 Å². The van der Waals surface area contributed by atoms with Crippen molar-refractivity contribution in [2.45, 2.75) is 59.1 Å². The molecule has 1 atom stereocenters. The van der Waals surface area contributed by atoms with Gasteiger partial charge in [0, 0.05) is 47.0 Å². The third kappa shape index (κ3) is 7.04. The van der Waals surface area contributed by atoms with Crippen molar-refractivity contribution < 1.29 is 32.3 Å². The number of pyridine rings is 1. The number of carboxylic acid groups (broad SMARTS) is 1. The lowest BCUT2D eigenvalue weighted by atomic mass is 9.71. The van der Waals surface area contributed by atoms with E-state index in [0.29, 0.717) is 22.0 Å². The van der Waals surface area contributed by atoms with Gasteiger partial charge in [-0.1, -0.05) is 35.8 Å². The van der Waals surface area contributed by atoms with Crippen molar-refractivity contribution in [3.63, 3.8) is 0 Å². The Balaban J connectivity index is 1.66. The summed E-state index contributed by atoms with van der Waals surface area (Å²) in [5.41, 5.74) is -0.732. The number of hydrogen-bond acceptors (Lipinski definition) is 4. The first-order chi connectivity index (χ1) is 19.7. The standard InChI is InChI=1S/C31H34BrF4N3O3/c1-18-27(21-15-20(32)10-11-25(21)38-28(18)39-13-4-5-14-39)29(42)37-17-19(9-12-26(40)41)30(2,3)16-22-23(31(34,35)36)7-6-8-24(22)33/h6-8,10-11,15,19H,4-5,9,12-14,16-17H2,1-3H3,(H,37,42)(H,40,41). The minimum absolute atomic E-state index is 0.00871. The number of carbonyl (C=O) groups excluding carboxylic acids is 1. The number of rotatable bonds is 10. The highest BCUT2D eigenvalue weighted by atomic mass is 79.9. The zero-order chi connectivity index (χ0) is 30.8. The molecule has 1 saturated heterocycles. The number of anilines is 1. The van der Waals surface area contributed by atoms with E-state index < -0.39 is 46.3 Å². The van der Waals surface area contributed by atoms with Crippen LogP contribution in [0.5, 0.6) is 0 Å². The molecule has 2 heterocycles. The summed E-state index contributed by atoms with van der Waals surface area (Å²) in [7, 11) is 0. The fourth-order valence-corrected chi connectivity index (χ4v) is 6.18. The van der Waals surface area contributed by atoms with Crippen LogP contribution in [0.4, 0.5) is 23.4 Å². The Morgan fingerprint density at radius 2 is 1.83 bits per heavy atom. The third-order valence-corrected chi connectivity index (χ3v) is 8.67. The van der Waals surface area contributed by atoms with Gasteiger partial charge in [-0.15, -0.1) is 0 Å². The first kappa shape index (κ1) is 31.7. The van der Waals surface area contributed by atoms with Crippen molar-refractivity contribution in [2.75, 3.05) is 24.5 Å². The van der Waals surface area contributed by atoms with Crippen LogP contribution in [-0.4, -0.2) is 41.6 Å². The molecule has 2 N–H and O–H groups in total. The van der Waals surface area contributed by atoms with E-state index in [1.54, 1.807) is 13.8 Å². The largest absolute Gasteiger partial charge is 0.481 e. The molecule has 1 aliphatic rings. The van der Waals surface area contributed by atoms with Crippen LogP contribution in [-0.2, 0) is 17.4 Å². The van der Waals surface area contributed by atoms with E-state index in [9.17, 15) is 32.3 Å². The summed E-state index contributed by atoms with van der Waals surface area (Å²) in [6.07, 6.45) is -3.16. The molecule has 0 spiro atoms. The van der Waals surface area contributed by atoms with E-state index in [4.69, 9.17) is 4.98 Å². The molecule has 1 aliphatic heterocycles. The van der Waals surface area contributed by atoms with Crippen molar-refractivity contribution in [3.8, 4) is 0 Å². The van der Waals surface area contributed by atoms with Crippen molar-refractivity contribution in [1.29, 1.82) is 0 Å². The van der Waals surface area contributed by atoms with Crippen LogP contribution in [0.15, 0.2) is 40.9 Å². The van der Waals surface area contributed by atoms with Crippen LogP contribution in [0.25, 0.3) is 10.9 Å². The Morgan fingerprint density at radius 1 is 1.14 bits per heavy atom. The van der Waals surface area contributed by atoms with Crippen LogP contribution >= 0.6 is 15.9 Å². The molecule has 0 aliphatic carbocycles. The molecule has 4 rings (SSSR count). The quantitative estimate of drug-likeness (QED) is 0.221. The van der Waals surface area contributed by atoms with Gasteiger partial charge in [-0.05, 0) is 74.3 Å². The Hall–Kier alpha value is -3.21. The summed E-state index contributed by atoms with van der Waals surface area (Å²) in [6.45, 7) is 6.85. The number of nitrogens with zero attached hydrogens (tertiary/aromatic N) is 2. The normalized spacial score (nSPS) is 14.8. The van der Waals surface area contributed by atoms with Crippen LogP contribution in [0.3, 0.4) is 0 Å². The van der Waals surface area contributed by atoms with Gasteiger partial charge in [0.05, 0.1) is 16.6 Å². The number of aromatic nitrogens is 1. The summed E-state index contributed by atoms with van der Waals surface area (Å²) in [4.78, 5) is 32.3. The van der Waals surface area contributed by atoms with E-state index in [1.807, 2.05) is 25.1 Å². The molecule has 0 radical (unpaired) electrons. The number of benzene rings is 2. The molecule has 1 unspecified atom stereocenters. The van der Waals surface area contributed by atoms with Gasteiger partial charge < -0.3 is 15.3 Å². The number of amides is 1. The Kier molecular flexibility index (Phi) is 9.49. The molecule has 2 aromatic carbocycles. The zero-order valence-electron chi connectivity index (χ0n) is 23.7. The Labute approximate surface area is 250 Å². The average molecular weight is 653 g/mol. The summed E-state index contributed by atoms with van der Waals surface area (Å²) < 4.78 is 56.7. The summed E-state index contributed by atoms with van der Waals surface area (Å²) >= 11 is 3.47. The second kappa shape index (κ2) is 12.6. The fraction of sp³-hybridized carbons (Fsp3) is 0.452. The number of alkyl halides is 3. The highest BCUT2D eigenvalue weighted by Crippen LogP contribution is 2.40. The molecule has 1 fully saturated rings. The lowest BCUT2D eigenvalue weighted by Crippen LogP contribution is -2.39. The van der Waals surface area contributed by atoms with Crippen molar-refractivity contribution >= 4 is 44.5 Å². The number of fused-ring (bicyclic) bond motifs is 1. The number of aliphatic carboxylic acids is 1. The first-order valence-electron chi connectivity index (χ1n) is 13.9. The minimum atomic E-state index is -4.75. The number of halogens is 5. The van der Waals surface area contributed by atoms with Crippen LogP contribution in [0, 0.1) is 24.1 Å². The highest BCUT2D eigenvalue weighted by Gasteiger charge is 2.38. The van der Waals surface area contributed by atoms with Gasteiger partial charge >= 0.3 is 12.1 Å². The van der Waals surface area contributed by atoms with Gasteiger partial charge in [0.25, 0.3) is 5.91 Å². The SMILES string of the molecule is Cc1c(N2CCCC2)nc2ccc(Br)cc2c1C(=O)NCC(CCC(=O)O)C(C)(C)Cc1c(F)cccc1C(F)(F)F. The summed E-state index contributed by atoms with van der Waals surface area (Å²) in [6, 6.07) is 8.36. The number of hydrogen-bond donors (Lipinski definition) is 2. The second-order valence-corrected chi connectivity index (χ2v) is 12.5. The Morgan fingerprint density at radius 3 is 2.48 bits per heavy atom. The molecule has 0 saturated carbocycles.